The first-order chi connectivity index (χ1) is 9.56. The van der Waals surface area contributed by atoms with E-state index in [4.69, 9.17) is 4.55 Å². The quantitative estimate of drug-likeness (QED) is 0.687. The molecule has 0 aliphatic carbocycles. The summed E-state index contributed by atoms with van der Waals surface area (Å²) in [4.78, 5) is 0. The van der Waals surface area contributed by atoms with E-state index in [0.29, 0.717) is 13.0 Å². The van der Waals surface area contributed by atoms with Gasteiger partial charge in [0.15, 0.2) is 5.71 Å². The fourth-order valence-electron chi connectivity index (χ4n) is 2.96. The van der Waals surface area contributed by atoms with E-state index in [1.165, 1.54) is 22.5 Å². The summed E-state index contributed by atoms with van der Waals surface area (Å²) >= 11 is 0. The number of aryl methyl sites for hydroxylation is 1. The highest BCUT2D eigenvalue weighted by Gasteiger charge is 2.43. The van der Waals surface area contributed by atoms with Crippen LogP contribution in [0, 0.1) is 6.92 Å². The van der Waals surface area contributed by atoms with Crippen molar-refractivity contribution >= 4 is 21.5 Å². The van der Waals surface area contributed by atoms with Gasteiger partial charge in [0.1, 0.15) is 6.54 Å². The Hall–Kier alpha value is -1.20. The maximum Gasteiger partial charge on any atom is 0.267 e. The minimum Gasteiger partial charge on any atom is -0.285 e. The molecule has 5 heteroatoms. The maximum absolute atomic E-state index is 11.2. The van der Waals surface area contributed by atoms with Crippen LogP contribution in [0.4, 0.5) is 5.69 Å². The summed E-state index contributed by atoms with van der Waals surface area (Å²) in [5, 5.41) is -0.749. The molecule has 0 bridgehead atoms. The Balaban J connectivity index is 2.39. The van der Waals surface area contributed by atoms with Gasteiger partial charge in [-0.2, -0.15) is 13.0 Å². The molecule has 2 rings (SSSR count). The molecule has 21 heavy (non-hydrogen) atoms. The second-order valence-corrected chi connectivity index (χ2v) is 8.28. The molecule has 1 aliphatic rings. The predicted octanol–water partition coefficient (Wildman–Crippen LogP) is 3.06. The minimum atomic E-state index is -3.96. The van der Waals surface area contributed by atoms with Gasteiger partial charge >= 0.3 is 0 Å². The fraction of sp³-hybridized carbons (Fsp3) is 0.562. The molecule has 0 fully saturated rings. The number of benzene rings is 1. The van der Waals surface area contributed by atoms with Crippen LogP contribution in [0.5, 0.6) is 0 Å². The second kappa shape index (κ2) is 5.21. The van der Waals surface area contributed by atoms with Gasteiger partial charge in [-0.1, -0.05) is 18.2 Å². The fourth-order valence-corrected chi connectivity index (χ4v) is 3.36. The maximum atomic E-state index is 11.2. The lowest BCUT2D eigenvalue weighted by Crippen LogP contribution is -2.28. The van der Waals surface area contributed by atoms with E-state index >= 15 is 0 Å². The molecule has 1 heterocycles. The molecule has 1 aliphatic heterocycles. The van der Waals surface area contributed by atoms with Gasteiger partial charge in [0.25, 0.3) is 10.1 Å². The van der Waals surface area contributed by atoms with E-state index in [-0.39, 0.29) is 5.41 Å². The lowest BCUT2D eigenvalue weighted by Gasteiger charge is -2.14. The van der Waals surface area contributed by atoms with Crippen LogP contribution in [-0.2, 0) is 15.5 Å². The van der Waals surface area contributed by atoms with Gasteiger partial charge in [0.05, 0.1) is 10.7 Å². The van der Waals surface area contributed by atoms with Crippen LogP contribution >= 0.6 is 0 Å². The summed E-state index contributed by atoms with van der Waals surface area (Å²) in [5.41, 5.74) is 4.82. The first-order valence-electron chi connectivity index (χ1n) is 7.24. The number of hydrogen-bond donors (Lipinski definition) is 1. The molecular weight excluding hydrogens is 286 g/mol. The highest BCUT2D eigenvalue weighted by Crippen LogP contribution is 2.41. The van der Waals surface area contributed by atoms with Crippen molar-refractivity contribution in [3.63, 3.8) is 0 Å². The molecule has 0 spiro atoms. The Labute approximate surface area is 127 Å². The molecule has 4 nitrogen and oxygen atoms in total. The first-order valence-corrected chi connectivity index (χ1v) is 8.75. The molecule has 1 aromatic rings. The van der Waals surface area contributed by atoms with Crippen LogP contribution in [0.25, 0.3) is 0 Å². The minimum absolute atomic E-state index is 0.0529. The zero-order valence-electron chi connectivity index (χ0n) is 13.3. The van der Waals surface area contributed by atoms with Crippen LogP contribution in [0.15, 0.2) is 18.2 Å². The van der Waals surface area contributed by atoms with Gasteiger partial charge in [-0.25, -0.2) is 0 Å². The Kier molecular flexibility index (Phi) is 4.02. The van der Waals surface area contributed by atoms with Crippen molar-refractivity contribution in [1.82, 2.24) is 0 Å². The molecule has 1 atom stereocenters. The topological polar surface area (TPSA) is 57.4 Å². The summed E-state index contributed by atoms with van der Waals surface area (Å²) in [5.74, 6) is 0. The summed E-state index contributed by atoms with van der Waals surface area (Å²) in [6.45, 7) is 10.7. The SMILES string of the molecule is CC1=[N+](CCC(C)S(=O)(=O)O)c2c(C)cccc2C1(C)C. The highest BCUT2D eigenvalue weighted by atomic mass is 32.2. The monoisotopic (exact) mass is 310 g/mol. The molecule has 1 N–H and O–H groups in total. The first kappa shape index (κ1) is 16.2. The van der Waals surface area contributed by atoms with E-state index < -0.39 is 15.4 Å². The number of fused-ring (bicyclic) bond motifs is 1. The van der Waals surface area contributed by atoms with Gasteiger partial charge in [-0.3, -0.25) is 4.55 Å². The third-order valence-corrected chi connectivity index (χ3v) is 6.01. The van der Waals surface area contributed by atoms with Crippen molar-refractivity contribution in [2.75, 3.05) is 6.54 Å². The molecule has 1 aromatic carbocycles. The van der Waals surface area contributed by atoms with Gasteiger partial charge in [0.2, 0.25) is 5.69 Å². The number of para-hydroxylation sites is 1. The normalized spacial score (nSPS) is 18.8. The van der Waals surface area contributed by atoms with Crippen molar-refractivity contribution in [3.8, 4) is 0 Å². The Morgan fingerprint density at radius 1 is 1.29 bits per heavy atom. The average molecular weight is 310 g/mol. The molecule has 1 unspecified atom stereocenters. The van der Waals surface area contributed by atoms with Crippen LogP contribution in [0.1, 0.15) is 45.2 Å². The van der Waals surface area contributed by atoms with Crippen molar-refractivity contribution < 1.29 is 17.5 Å². The van der Waals surface area contributed by atoms with Crippen molar-refractivity contribution in [2.24, 2.45) is 0 Å². The third kappa shape index (κ3) is 2.77. The zero-order valence-corrected chi connectivity index (χ0v) is 14.2. The highest BCUT2D eigenvalue weighted by molar-refractivity contribution is 7.86. The molecule has 116 valence electrons. The standard InChI is InChI=1S/C16H23NO3S/c1-11-7-6-8-14-15(11)17(13(3)16(14,4)5)10-9-12(2)21(18,19)20/h6-8,12H,9-10H2,1-5H3/p+1. The Morgan fingerprint density at radius 2 is 1.90 bits per heavy atom. The predicted molar refractivity (Wildman–Crippen MR) is 85.3 cm³/mol. The lowest BCUT2D eigenvalue weighted by molar-refractivity contribution is -0.439. The van der Waals surface area contributed by atoms with E-state index in [9.17, 15) is 8.42 Å². The van der Waals surface area contributed by atoms with Gasteiger partial charge in [-0.15, -0.1) is 0 Å². The summed E-state index contributed by atoms with van der Waals surface area (Å²) in [7, 11) is -3.96. The lowest BCUT2D eigenvalue weighted by atomic mass is 9.82. The van der Waals surface area contributed by atoms with Gasteiger partial charge in [-0.05, 0) is 27.7 Å². The average Bonchev–Trinajstić information content (AvgIpc) is 2.56. The van der Waals surface area contributed by atoms with Crippen molar-refractivity contribution in [1.29, 1.82) is 0 Å². The number of hydrogen-bond acceptors (Lipinski definition) is 2. The van der Waals surface area contributed by atoms with Crippen LogP contribution in [-0.4, -0.2) is 35.1 Å². The van der Waals surface area contributed by atoms with Crippen LogP contribution in [0.3, 0.4) is 0 Å². The summed E-state index contributed by atoms with van der Waals surface area (Å²) in [6.07, 6.45) is 0.403. The Morgan fingerprint density at radius 3 is 2.48 bits per heavy atom. The van der Waals surface area contributed by atoms with E-state index in [1.807, 2.05) is 0 Å². The van der Waals surface area contributed by atoms with E-state index in [0.717, 1.165) is 0 Å². The molecule has 0 saturated heterocycles. The van der Waals surface area contributed by atoms with Gasteiger partial charge < -0.3 is 0 Å². The van der Waals surface area contributed by atoms with Crippen LogP contribution in [0.2, 0.25) is 0 Å². The molecule has 0 radical (unpaired) electrons. The molecule has 0 aromatic heterocycles. The summed E-state index contributed by atoms with van der Waals surface area (Å²) < 4.78 is 33.7. The number of nitrogens with zero attached hydrogens (tertiary/aromatic N) is 1. The summed E-state index contributed by atoms with van der Waals surface area (Å²) in [6, 6.07) is 6.28. The molecular formula is C16H24NO3S+. The number of rotatable bonds is 4. The smallest absolute Gasteiger partial charge is 0.267 e. The Bertz CT molecular complexity index is 702. The molecule has 0 amide bonds. The zero-order chi connectivity index (χ0) is 16.0. The van der Waals surface area contributed by atoms with Gasteiger partial charge in [0, 0.05) is 24.5 Å². The van der Waals surface area contributed by atoms with Crippen molar-refractivity contribution in [3.05, 3.63) is 29.3 Å². The van der Waals surface area contributed by atoms with E-state index in [2.05, 4.69) is 50.5 Å². The third-order valence-electron chi connectivity index (χ3n) is 4.76. The molecule has 0 saturated carbocycles. The van der Waals surface area contributed by atoms with E-state index in [1.54, 1.807) is 6.92 Å². The second-order valence-electron chi connectivity index (χ2n) is 6.45. The van der Waals surface area contributed by atoms with Crippen LogP contribution < -0.4 is 0 Å². The largest absolute Gasteiger partial charge is 0.285 e. The van der Waals surface area contributed by atoms with Crippen molar-refractivity contribution in [2.45, 2.75) is 51.7 Å².